The Morgan fingerprint density at radius 2 is 0.867 bits per heavy atom. The van der Waals surface area contributed by atoms with Crippen LogP contribution in [0.4, 0.5) is 0 Å². The zero-order valence-corrected chi connectivity index (χ0v) is 10.1. The molecule has 0 nitrogen and oxygen atoms in total. The van der Waals surface area contributed by atoms with Gasteiger partial charge in [0.15, 0.2) is 0 Å². The van der Waals surface area contributed by atoms with E-state index in [2.05, 4.69) is 0 Å². The average Bonchev–Trinajstić information content (AvgIpc) is 2.24. The van der Waals surface area contributed by atoms with Crippen molar-refractivity contribution in [3.8, 4) is 0 Å². The Bertz CT molecular complexity index is 178. The molecule has 4 saturated carbocycles. The SMILES string of the molecule is C1CCCC2CCC(CCC1)C1CCC21. The highest BCUT2D eigenvalue weighted by Gasteiger charge is 2.43. The zero-order chi connectivity index (χ0) is 10.1. The van der Waals surface area contributed by atoms with E-state index in [1.54, 1.807) is 51.4 Å². The summed E-state index contributed by atoms with van der Waals surface area (Å²) in [6.45, 7) is 0. The molecule has 0 heterocycles. The van der Waals surface area contributed by atoms with Crippen molar-refractivity contribution in [2.75, 3.05) is 0 Å². The molecule has 4 unspecified atom stereocenters. The second kappa shape index (κ2) is 4.47. The maximum Gasteiger partial charge on any atom is -0.0355 e. The van der Waals surface area contributed by atoms with Crippen molar-refractivity contribution in [3.63, 3.8) is 0 Å². The molecule has 86 valence electrons. The largest absolute Gasteiger partial charge is 0.0533 e. The van der Waals surface area contributed by atoms with Crippen LogP contribution in [0.2, 0.25) is 0 Å². The third kappa shape index (κ3) is 1.97. The van der Waals surface area contributed by atoms with Gasteiger partial charge in [0.2, 0.25) is 0 Å². The van der Waals surface area contributed by atoms with Crippen LogP contribution in [-0.4, -0.2) is 0 Å². The number of rotatable bonds is 0. The Morgan fingerprint density at radius 3 is 1.33 bits per heavy atom. The van der Waals surface area contributed by atoms with Gasteiger partial charge in [0.1, 0.15) is 0 Å². The molecule has 0 aromatic carbocycles. The van der Waals surface area contributed by atoms with Gasteiger partial charge in [0, 0.05) is 0 Å². The van der Waals surface area contributed by atoms with Gasteiger partial charge in [-0.25, -0.2) is 0 Å². The van der Waals surface area contributed by atoms with E-state index < -0.39 is 0 Å². The van der Waals surface area contributed by atoms with Crippen LogP contribution in [0.25, 0.3) is 0 Å². The van der Waals surface area contributed by atoms with Crippen LogP contribution in [0.3, 0.4) is 0 Å². The fraction of sp³-hybridized carbons (Fsp3) is 1.00. The Labute approximate surface area is 94.8 Å². The molecular weight excluding hydrogens is 180 g/mol. The van der Waals surface area contributed by atoms with E-state index in [4.69, 9.17) is 0 Å². The van der Waals surface area contributed by atoms with Crippen molar-refractivity contribution in [3.05, 3.63) is 0 Å². The molecule has 0 amide bonds. The molecule has 4 aliphatic rings. The van der Waals surface area contributed by atoms with Crippen LogP contribution < -0.4 is 0 Å². The summed E-state index contributed by atoms with van der Waals surface area (Å²) in [5, 5.41) is 0. The highest BCUT2D eigenvalue weighted by Crippen LogP contribution is 2.53. The molecule has 15 heavy (non-hydrogen) atoms. The summed E-state index contributed by atoms with van der Waals surface area (Å²) in [5.41, 5.74) is 0. The number of fused-ring (bicyclic) bond motifs is 7. The van der Waals surface area contributed by atoms with E-state index in [9.17, 15) is 0 Å². The lowest BCUT2D eigenvalue weighted by molar-refractivity contribution is -0.00531. The maximum absolute atomic E-state index is 1.59. The lowest BCUT2D eigenvalue weighted by atomic mass is 9.55. The molecular formula is C15H26. The van der Waals surface area contributed by atoms with Gasteiger partial charge in [-0.1, -0.05) is 44.9 Å². The Morgan fingerprint density at radius 1 is 0.400 bits per heavy atom. The first-order chi connectivity index (χ1) is 7.45. The summed E-state index contributed by atoms with van der Waals surface area (Å²) in [4.78, 5) is 0. The fourth-order valence-corrected chi connectivity index (χ4v) is 4.64. The van der Waals surface area contributed by atoms with Gasteiger partial charge < -0.3 is 0 Å². The molecule has 4 rings (SSSR count). The molecule has 4 aliphatic carbocycles. The summed E-state index contributed by atoms with van der Waals surface area (Å²) in [7, 11) is 0. The first kappa shape index (κ1) is 10.2. The van der Waals surface area contributed by atoms with Crippen LogP contribution in [0.15, 0.2) is 0 Å². The quantitative estimate of drug-likeness (QED) is 0.535. The van der Waals surface area contributed by atoms with Crippen LogP contribution in [0, 0.1) is 23.7 Å². The van der Waals surface area contributed by atoms with E-state index in [1.807, 2.05) is 0 Å². The molecule has 0 aliphatic heterocycles. The topological polar surface area (TPSA) is 0 Å². The summed E-state index contributed by atoms with van der Waals surface area (Å²) in [5.74, 6) is 4.67. The second-order valence-corrected chi connectivity index (χ2v) is 6.35. The van der Waals surface area contributed by atoms with Crippen molar-refractivity contribution in [1.29, 1.82) is 0 Å². The lowest BCUT2D eigenvalue weighted by Crippen LogP contribution is -2.41. The number of hydrogen-bond donors (Lipinski definition) is 0. The van der Waals surface area contributed by atoms with Gasteiger partial charge in [-0.15, -0.1) is 0 Å². The lowest BCUT2D eigenvalue weighted by Gasteiger charge is -2.51. The first-order valence-corrected chi connectivity index (χ1v) is 7.45. The Balaban J connectivity index is 1.68. The summed E-state index contributed by atoms with van der Waals surface area (Å²) in [6, 6.07) is 0. The second-order valence-electron chi connectivity index (χ2n) is 6.35. The van der Waals surface area contributed by atoms with Crippen LogP contribution >= 0.6 is 0 Å². The normalized spacial score (nSPS) is 46.4. The Hall–Kier alpha value is 0. The maximum atomic E-state index is 1.59. The molecule has 0 saturated heterocycles. The molecule has 0 radical (unpaired) electrons. The minimum Gasteiger partial charge on any atom is -0.0533 e. The van der Waals surface area contributed by atoms with E-state index in [1.165, 1.54) is 31.1 Å². The number of hydrogen-bond acceptors (Lipinski definition) is 0. The van der Waals surface area contributed by atoms with Gasteiger partial charge in [0.25, 0.3) is 0 Å². The molecule has 4 atom stereocenters. The molecule has 0 heteroatoms. The summed E-state index contributed by atoms with van der Waals surface area (Å²) < 4.78 is 0. The van der Waals surface area contributed by atoms with Crippen LogP contribution in [0.1, 0.15) is 70.6 Å². The smallest absolute Gasteiger partial charge is 0.0355 e. The van der Waals surface area contributed by atoms with Crippen molar-refractivity contribution < 1.29 is 0 Å². The minimum atomic E-state index is 1.15. The molecule has 0 aromatic rings. The van der Waals surface area contributed by atoms with Gasteiger partial charge >= 0.3 is 0 Å². The molecule has 0 N–H and O–H groups in total. The highest BCUT2D eigenvalue weighted by molar-refractivity contribution is 4.94. The van der Waals surface area contributed by atoms with E-state index in [-0.39, 0.29) is 0 Å². The van der Waals surface area contributed by atoms with E-state index in [0.29, 0.717) is 0 Å². The monoisotopic (exact) mass is 206 g/mol. The van der Waals surface area contributed by atoms with E-state index in [0.717, 1.165) is 11.8 Å². The molecule has 4 fully saturated rings. The van der Waals surface area contributed by atoms with Crippen molar-refractivity contribution in [2.45, 2.75) is 70.6 Å². The first-order valence-electron chi connectivity index (χ1n) is 7.45. The molecule has 0 aromatic heterocycles. The molecule has 0 spiro atoms. The van der Waals surface area contributed by atoms with Crippen LogP contribution in [0.5, 0.6) is 0 Å². The predicted octanol–water partition coefficient (Wildman–Crippen LogP) is 4.78. The Kier molecular flexibility index (Phi) is 3.03. The zero-order valence-electron chi connectivity index (χ0n) is 10.1. The average molecular weight is 206 g/mol. The van der Waals surface area contributed by atoms with E-state index >= 15 is 0 Å². The van der Waals surface area contributed by atoms with Crippen LogP contribution in [-0.2, 0) is 0 Å². The minimum absolute atomic E-state index is 1.15. The predicted molar refractivity (Wildman–Crippen MR) is 64.7 cm³/mol. The van der Waals surface area contributed by atoms with Gasteiger partial charge in [0.05, 0.1) is 0 Å². The van der Waals surface area contributed by atoms with Crippen molar-refractivity contribution in [1.82, 2.24) is 0 Å². The third-order valence-electron chi connectivity index (χ3n) is 5.65. The van der Waals surface area contributed by atoms with Crippen molar-refractivity contribution in [2.24, 2.45) is 23.7 Å². The molecule has 2 bridgehead atoms. The van der Waals surface area contributed by atoms with Gasteiger partial charge in [-0.2, -0.15) is 0 Å². The summed E-state index contributed by atoms with van der Waals surface area (Å²) in [6.07, 6.45) is 17.2. The standard InChI is InChI=1S/C15H26/c1-2-4-6-12-8-9-13(7-5-3-1)15-11-10-14(12)15/h12-15H,1-11H2. The van der Waals surface area contributed by atoms with Gasteiger partial charge in [-0.05, 0) is 49.4 Å². The highest BCUT2D eigenvalue weighted by atomic mass is 14.5. The van der Waals surface area contributed by atoms with Crippen molar-refractivity contribution >= 4 is 0 Å². The summed E-state index contributed by atoms with van der Waals surface area (Å²) >= 11 is 0. The van der Waals surface area contributed by atoms with Gasteiger partial charge in [-0.3, -0.25) is 0 Å². The third-order valence-corrected chi connectivity index (χ3v) is 5.65. The fourth-order valence-electron chi connectivity index (χ4n) is 4.64.